The molecule has 0 N–H and O–H groups in total. The van der Waals surface area contributed by atoms with E-state index in [2.05, 4.69) is 10.1 Å². The molecule has 0 saturated carbocycles. The van der Waals surface area contributed by atoms with E-state index >= 15 is 0 Å². The minimum Gasteiger partial charge on any atom is -0.497 e. The Kier molecular flexibility index (Phi) is 5.70. The number of aromatic nitrogens is 2. The van der Waals surface area contributed by atoms with E-state index in [1.54, 1.807) is 13.2 Å². The van der Waals surface area contributed by atoms with Gasteiger partial charge in [-0.1, -0.05) is 29.4 Å². The summed E-state index contributed by atoms with van der Waals surface area (Å²) >= 11 is 0. The first kappa shape index (κ1) is 20.9. The highest BCUT2D eigenvalue weighted by molar-refractivity contribution is 7.89. The van der Waals surface area contributed by atoms with E-state index in [0.29, 0.717) is 30.3 Å². The van der Waals surface area contributed by atoms with Crippen molar-refractivity contribution in [2.45, 2.75) is 23.7 Å². The van der Waals surface area contributed by atoms with Crippen LogP contribution in [-0.4, -0.2) is 48.0 Å². The molecule has 1 aromatic heterocycles. The Morgan fingerprint density at radius 1 is 1.16 bits per heavy atom. The number of para-hydroxylation sites is 1. The highest BCUT2D eigenvalue weighted by Crippen LogP contribution is 2.33. The Morgan fingerprint density at radius 3 is 2.61 bits per heavy atom. The summed E-state index contributed by atoms with van der Waals surface area (Å²) in [6.07, 6.45) is 0.944. The molecule has 0 radical (unpaired) electrons. The summed E-state index contributed by atoms with van der Waals surface area (Å²) in [5, 5.41) is 15.3. The van der Waals surface area contributed by atoms with Gasteiger partial charge in [0.25, 0.3) is 5.69 Å². The smallest absolute Gasteiger partial charge is 0.289 e. The number of nitro benzene ring substituents is 1. The number of ether oxygens (including phenoxy) is 1. The number of rotatable bonds is 6. The van der Waals surface area contributed by atoms with Crippen LogP contribution < -0.4 is 4.74 Å². The minimum absolute atomic E-state index is 0.0935. The highest BCUT2D eigenvalue weighted by Gasteiger charge is 2.35. The van der Waals surface area contributed by atoms with Crippen molar-refractivity contribution in [2.75, 3.05) is 20.2 Å². The summed E-state index contributed by atoms with van der Waals surface area (Å²) in [6.45, 7) is 0.409. The fourth-order valence-electron chi connectivity index (χ4n) is 3.59. The van der Waals surface area contributed by atoms with Crippen molar-refractivity contribution in [3.63, 3.8) is 0 Å². The van der Waals surface area contributed by atoms with Gasteiger partial charge in [-0.05, 0) is 31.0 Å². The van der Waals surface area contributed by atoms with Crippen LogP contribution in [0.4, 0.5) is 5.69 Å². The van der Waals surface area contributed by atoms with Crippen LogP contribution in [0.15, 0.2) is 57.9 Å². The number of nitrogens with zero attached hydrogens (tertiary/aromatic N) is 4. The summed E-state index contributed by atoms with van der Waals surface area (Å²) in [4.78, 5) is 14.7. The molecule has 162 valence electrons. The van der Waals surface area contributed by atoms with Crippen molar-refractivity contribution in [3.05, 3.63) is 64.5 Å². The van der Waals surface area contributed by atoms with Crippen molar-refractivity contribution < 1.29 is 22.6 Å². The summed E-state index contributed by atoms with van der Waals surface area (Å²) in [5.41, 5.74) is 0.329. The number of sulfonamides is 1. The van der Waals surface area contributed by atoms with Crippen LogP contribution >= 0.6 is 0 Å². The Morgan fingerprint density at radius 2 is 1.90 bits per heavy atom. The first-order valence-electron chi connectivity index (χ1n) is 9.62. The van der Waals surface area contributed by atoms with E-state index in [4.69, 9.17) is 9.26 Å². The van der Waals surface area contributed by atoms with Crippen molar-refractivity contribution >= 4 is 15.7 Å². The maximum atomic E-state index is 13.0. The minimum atomic E-state index is -3.98. The molecule has 1 saturated heterocycles. The normalized spacial score (nSPS) is 15.6. The number of benzene rings is 2. The molecule has 2 heterocycles. The van der Waals surface area contributed by atoms with E-state index < -0.39 is 20.6 Å². The number of hydrogen-bond acceptors (Lipinski definition) is 8. The quantitative estimate of drug-likeness (QED) is 0.419. The monoisotopic (exact) mass is 444 g/mol. The summed E-state index contributed by atoms with van der Waals surface area (Å²) in [5.74, 6) is 1.46. The molecule has 3 aromatic rings. The van der Waals surface area contributed by atoms with E-state index in [1.807, 2.05) is 18.2 Å². The van der Waals surface area contributed by atoms with E-state index in [9.17, 15) is 18.5 Å². The molecule has 1 aliphatic rings. The number of hydrogen-bond donors (Lipinski definition) is 0. The van der Waals surface area contributed by atoms with Gasteiger partial charge in [0.05, 0.1) is 12.0 Å². The maximum Gasteiger partial charge on any atom is 0.289 e. The van der Waals surface area contributed by atoms with Gasteiger partial charge < -0.3 is 9.26 Å². The van der Waals surface area contributed by atoms with Crippen molar-refractivity contribution in [1.29, 1.82) is 0 Å². The van der Waals surface area contributed by atoms with Crippen LogP contribution in [0.2, 0.25) is 0 Å². The number of methoxy groups -OCH3 is 1. The van der Waals surface area contributed by atoms with Crippen LogP contribution in [0, 0.1) is 10.1 Å². The second kappa shape index (κ2) is 8.44. The topological polar surface area (TPSA) is 129 Å². The van der Waals surface area contributed by atoms with Crippen molar-refractivity contribution in [1.82, 2.24) is 14.4 Å². The van der Waals surface area contributed by atoms with Gasteiger partial charge in [0.15, 0.2) is 4.90 Å². The third-order valence-electron chi connectivity index (χ3n) is 5.25. The van der Waals surface area contributed by atoms with Gasteiger partial charge in [-0.2, -0.15) is 9.29 Å². The Hall–Kier alpha value is -3.31. The molecule has 0 bridgehead atoms. The fraction of sp³-hybridized carbons (Fsp3) is 0.300. The summed E-state index contributed by atoms with van der Waals surface area (Å²) in [7, 11) is -2.40. The van der Waals surface area contributed by atoms with Gasteiger partial charge in [-0.15, -0.1) is 0 Å². The lowest BCUT2D eigenvalue weighted by molar-refractivity contribution is -0.387. The summed E-state index contributed by atoms with van der Waals surface area (Å²) < 4.78 is 37.8. The zero-order valence-electron chi connectivity index (χ0n) is 16.7. The molecule has 0 atom stereocenters. The lowest BCUT2D eigenvalue weighted by Gasteiger charge is -2.29. The lowest BCUT2D eigenvalue weighted by atomic mass is 9.98. The third kappa shape index (κ3) is 4.14. The molecule has 0 amide bonds. The van der Waals surface area contributed by atoms with Gasteiger partial charge in [-0.25, -0.2) is 8.42 Å². The van der Waals surface area contributed by atoms with Gasteiger partial charge >= 0.3 is 0 Å². The molecule has 1 aliphatic heterocycles. The zero-order valence-corrected chi connectivity index (χ0v) is 17.5. The number of piperidine rings is 1. The molecule has 10 nitrogen and oxygen atoms in total. The third-order valence-corrected chi connectivity index (χ3v) is 7.20. The Balaban J connectivity index is 1.48. The SMILES string of the molecule is COc1cccc(-c2noc(C3CCN(S(=O)(=O)c4ccccc4[N+](=O)[O-])CC3)n2)c1. The van der Waals surface area contributed by atoms with Crippen LogP contribution in [0.25, 0.3) is 11.4 Å². The molecule has 0 spiro atoms. The van der Waals surface area contributed by atoms with E-state index in [0.717, 1.165) is 5.56 Å². The zero-order chi connectivity index (χ0) is 22.0. The van der Waals surface area contributed by atoms with Crippen LogP contribution in [-0.2, 0) is 10.0 Å². The van der Waals surface area contributed by atoms with Crippen molar-refractivity contribution in [2.24, 2.45) is 0 Å². The molecule has 4 rings (SSSR count). The van der Waals surface area contributed by atoms with Gasteiger partial charge in [0.2, 0.25) is 21.7 Å². The molecule has 0 aliphatic carbocycles. The molecule has 2 aromatic carbocycles. The van der Waals surface area contributed by atoms with Crippen LogP contribution in [0.3, 0.4) is 0 Å². The maximum absolute atomic E-state index is 13.0. The lowest BCUT2D eigenvalue weighted by Crippen LogP contribution is -2.38. The van der Waals surface area contributed by atoms with E-state index in [-0.39, 0.29) is 23.9 Å². The molecule has 31 heavy (non-hydrogen) atoms. The molecule has 11 heteroatoms. The average Bonchev–Trinajstić information content (AvgIpc) is 3.29. The molecular formula is C20H20N4O6S. The first-order chi connectivity index (χ1) is 14.9. The second-order valence-corrected chi connectivity index (χ2v) is 9.00. The fourth-order valence-corrected chi connectivity index (χ4v) is 5.22. The number of nitro groups is 1. The molecular weight excluding hydrogens is 424 g/mol. The van der Waals surface area contributed by atoms with Crippen LogP contribution in [0.1, 0.15) is 24.7 Å². The molecule has 1 fully saturated rings. The highest BCUT2D eigenvalue weighted by atomic mass is 32.2. The van der Waals surface area contributed by atoms with Gasteiger partial charge in [0.1, 0.15) is 5.75 Å². The van der Waals surface area contributed by atoms with Gasteiger partial charge in [-0.3, -0.25) is 10.1 Å². The standard InChI is InChI=1S/C20H20N4O6S/c1-29-16-6-4-5-15(13-16)19-21-20(30-22-19)14-9-11-23(12-10-14)31(27,28)18-8-3-2-7-17(18)24(25)26/h2-8,13-14H,9-12H2,1H3. The predicted molar refractivity (Wildman–Crippen MR) is 110 cm³/mol. The van der Waals surface area contributed by atoms with Gasteiger partial charge in [0, 0.05) is 30.6 Å². The van der Waals surface area contributed by atoms with Crippen LogP contribution in [0.5, 0.6) is 5.75 Å². The Bertz CT molecular complexity index is 1200. The van der Waals surface area contributed by atoms with E-state index in [1.165, 1.54) is 28.6 Å². The predicted octanol–water partition coefficient (Wildman–Crippen LogP) is 3.22. The second-order valence-electron chi connectivity index (χ2n) is 7.09. The first-order valence-corrected chi connectivity index (χ1v) is 11.1. The Labute approximate surface area is 178 Å². The summed E-state index contributed by atoms with van der Waals surface area (Å²) in [6, 6.07) is 12.7. The van der Waals surface area contributed by atoms with Crippen molar-refractivity contribution in [3.8, 4) is 17.1 Å². The average molecular weight is 444 g/mol. The molecule has 0 unspecified atom stereocenters. The largest absolute Gasteiger partial charge is 0.497 e.